The zero-order chi connectivity index (χ0) is 23.5. The molecule has 0 aliphatic carbocycles. The standard InChI is InChI=1S/C27H20Cl2N4O/c28-20-10-12-22(13-11-20)33-18-25(31-26(33)23-8-4-5-9-24(23)29)27(34)30-21-14-15-32(17-21)16-19-6-2-1-3-7-19/h1-15,17-18H,16H2,(H,30,34). The first-order valence-electron chi connectivity index (χ1n) is 10.7. The predicted octanol–water partition coefficient (Wildman–Crippen LogP) is 6.95. The molecular weight excluding hydrogens is 467 g/mol. The van der Waals surface area contributed by atoms with Gasteiger partial charge in [0.1, 0.15) is 11.5 Å². The van der Waals surface area contributed by atoms with Gasteiger partial charge in [0.05, 0.1) is 10.7 Å². The van der Waals surface area contributed by atoms with Crippen molar-refractivity contribution in [1.82, 2.24) is 14.1 Å². The smallest absolute Gasteiger partial charge is 0.275 e. The second-order valence-corrected chi connectivity index (χ2v) is 8.63. The second kappa shape index (κ2) is 9.59. The summed E-state index contributed by atoms with van der Waals surface area (Å²) in [5.74, 6) is 0.262. The monoisotopic (exact) mass is 486 g/mol. The molecule has 2 aromatic heterocycles. The Morgan fingerprint density at radius 1 is 0.853 bits per heavy atom. The lowest BCUT2D eigenvalue weighted by molar-refractivity contribution is 0.102. The Hall–Kier alpha value is -3.80. The second-order valence-electron chi connectivity index (χ2n) is 7.79. The first kappa shape index (κ1) is 22.0. The van der Waals surface area contributed by atoms with Crippen LogP contribution in [0.1, 0.15) is 16.1 Å². The lowest BCUT2D eigenvalue weighted by Gasteiger charge is -2.09. The van der Waals surface area contributed by atoms with Crippen LogP contribution in [0.2, 0.25) is 10.0 Å². The Morgan fingerprint density at radius 2 is 1.59 bits per heavy atom. The molecule has 0 bridgehead atoms. The maximum absolute atomic E-state index is 13.1. The van der Waals surface area contributed by atoms with Crippen LogP contribution >= 0.6 is 23.2 Å². The summed E-state index contributed by atoms with van der Waals surface area (Å²) in [6, 6.07) is 26.8. The summed E-state index contributed by atoms with van der Waals surface area (Å²) in [5, 5.41) is 4.12. The summed E-state index contributed by atoms with van der Waals surface area (Å²) in [4.78, 5) is 17.7. The Bertz CT molecular complexity index is 1440. The van der Waals surface area contributed by atoms with Crippen molar-refractivity contribution in [3.8, 4) is 17.1 Å². The number of imidazole rings is 1. The van der Waals surface area contributed by atoms with Crippen LogP contribution in [0.15, 0.2) is 104 Å². The summed E-state index contributed by atoms with van der Waals surface area (Å²) >= 11 is 12.5. The molecule has 1 amide bonds. The molecule has 0 atom stereocenters. The Morgan fingerprint density at radius 3 is 2.35 bits per heavy atom. The minimum atomic E-state index is -0.307. The fourth-order valence-corrected chi connectivity index (χ4v) is 4.07. The van der Waals surface area contributed by atoms with Crippen LogP contribution in [-0.4, -0.2) is 20.0 Å². The average molecular weight is 487 g/mol. The average Bonchev–Trinajstić information content (AvgIpc) is 3.48. The number of carbonyl (C=O) groups excluding carboxylic acids is 1. The van der Waals surface area contributed by atoms with E-state index in [4.69, 9.17) is 23.2 Å². The van der Waals surface area contributed by atoms with Gasteiger partial charge in [-0.3, -0.25) is 9.36 Å². The highest BCUT2D eigenvalue weighted by Crippen LogP contribution is 2.30. The van der Waals surface area contributed by atoms with E-state index >= 15 is 0 Å². The molecule has 3 aromatic carbocycles. The number of benzene rings is 3. The van der Waals surface area contributed by atoms with Crippen molar-refractivity contribution in [3.63, 3.8) is 0 Å². The summed E-state index contributed by atoms with van der Waals surface area (Å²) in [6.07, 6.45) is 5.54. The molecule has 0 aliphatic rings. The Balaban J connectivity index is 1.43. The summed E-state index contributed by atoms with van der Waals surface area (Å²) in [7, 11) is 0. The number of anilines is 1. The van der Waals surface area contributed by atoms with Crippen molar-refractivity contribution in [2.45, 2.75) is 6.54 Å². The molecule has 7 heteroatoms. The van der Waals surface area contributed by atoms with Crippen LogP contribution < -0.4 is 5.32 Å². The summed E-state index contributed by atoms with van der Waals surface area (Å²) < 4.78 is 3.86. The van der Waals surface area contributed by atoms with E-state index in [1.165, 1.54) is 5.56 Å². The van der Waals surface area contributed by atoms with Gasteiger partial charge in [-0.15, -0.1) is 0 Å². The number of hydrogen-bond donors (Lipinski definition) is 1. The quantitative estimate of drug-likeness (QED) is 0.282. The highest BCUT2D eigenvalue weighted by molar-refractivity contribution is 6.33. The van der Waals surface area contributed by atoms with E-state index in [9.17, 15) is 4.79 Å². The lowest BCUT2D eigenvalue weighted by Crippen LogP contribution is -2.12. The van der Waals surface area contributed by atoms with Crippen LogP contribution in [0.3, 0.4) is 0 Å². The van der Waals surface area contributed by atoms with Gasteiger partial charge in [-0.25, -0.2) is 4.98 Å². The van der Waals surface area contributed by atoms with Crippen LogP contribution in [-0.2, 0) is 6.54 Å². The molecule has 5 rings (SSSR count). The van der Waals surface area contributed by atoms with Gasteiger partial charge in [-0.1, -0.05) is 65.7 Å². The van der Waals surface area contributed by atoms with Gasteiger partial charge >= 0.3 is 0 Å². The van der Waals surface area contributed by atoms with Crippen molar-refractivity contribution in [1.29, 1.82) is 0 Å². The third-order valence-corrected chi connectivity index (χ3v) is 5.96. The predicted molar refractivity (Wildman–Crippen MR) is 137 cm³/mol. The van der Waals surface area contributed by atoms with E-state index in [1.807, 2.05) is 76.1 Å². The molecule has 0 saturated carbocycles. The summed E-state index contributed by atoms with van der Waals surface area (Å²) in [5.41, 5.74) is 3.70. The van der Waals surface area contributed by atoms with Crippen molar-refractivity contribution < 1.29 is 4.79 Å². The van der Waals surface area contributed by atoms with Gasteiger partial charge in [-0.05, 0) is 48.0 Å². The third kappa shape index (κ3) is 4.76. The first-order valence-corrected chi connectivity index (χ1v) is 11.4. The number of carbonyl (C=O) groups is 1. The fraction of sp³-hybridized carbons (Fsp3) is 0.0370. The number of rotatable bonds is 6. The lowest BCUT2D eigenvalue weighted by atomic mass is 10.2. The van der Waals surface area contributed by atoms with Crippen molar-refractivity contribution in [2.24, 2.45) is 0 Å². The molecule has 0 radical (unpaired) electrons. The molecule has 5 nitrogen and oxygen atoms in total. The zero-order valence-corrected chi connectivity index (χ0v) is 19.5. The largest absolute Gasteiger partial charge is 0.348 e. The van der Waals surface area contributed by atoms with Crippen LogP contribution in [0.4, 0.5) is 5.69 Å². The van der Waals surface area contributed by atoms with Gasteiger partial charge in [0.25, 0.3) is 5.91 Å². The van der Waals surface area contributed by atoms with Crippen LogP contribution in [0.25, 0.3) is 17.1 Å². The number of aromatic nitrogens is 3. The Kier molecular flexibility index (Phi) is 6.21. The molecule has 0 fully saturated rings. The number of halogens is 2. The number of nitrogens with one attached hydrogen (secondary N) is 1. The van der Waals surface area contributed by atoms with Crippen molar-refractivity contribution in [3.05, 3.63) is 125 Å². The van der Waals surface area contributed by atoms with Gasteiger partial charge < -0.3 is 9.88 Å². The van der Waals surface area contributed by atoms with E-state index in [2.05, 4.69) is 22.4 Å². The summed E-state index contributed by atoms with van der Waals surface area (Å²) in [6.45, 7) is 0.721. The molecule has 0 saturated heterocycles. The maximum Gasteiger partial charge on any atom is 0.275 e. The molecule has 34 heavy (non-hydrogen) atoms. The minimum Gasteiger partial charge on any atom is -0.348 e. The van der Waals surface area contributed by atoms with Crippen molar-refractivity contribution in [2.75, 3.05) is 5.32 Å². The molecule has 5 aromatic rings. The molecule has 0 aliphatic heterocycles. The fourth-order valence-electron chi connectivity index (χ4n) is 3.72. The topological polar surface area (TPSA) is 51.9 Å². The van der Waals surface area contributed by atoms with Crippen LogP contribution in [0, 0.1) is 0 Å². The SMILES string of the molecule is O=C(Nc1ccn(Cc2ccccc2)c1)c1cn(-c2ccc(Cl)cc2)c(-c2ccccc2Cl)n1. The number of nitrogens with zero attached hydrogens (tertiary/aromatic N) is 3. The third-order valence-electron chi connectivity index (χ3n) is 5.37. The zero-order valence-electron chi connectivity index (χ0n) is 18.0. The van der Waals surface area contributed by atoms with E-state index in [-0.39, 0.29) is 11.6 Å². The van der Waals surface area contributed by atoms with E-state index in [0.29, 0.717) is 21.6 Å². The van der Waals surface area contributed by atoms with Gasteiger partial charge in [0.15, 0.2) is 0 Å². The molecule has 0 unspecified atom stereocenters. The molecule has 168 valence electrons. The van der Waals surface area contributed by atoms with E-state index < -0.39 is 0 Å². The first-order chi connectivity index (χ1) is 16.6. The van der Waals surface area contributed by atoms with Crippen molar-refractivity contribution >= 4 is 34.8 Å². The van der Waals surface area contributed by atoms with E-state index in [0.717, 1.165) is 17.8 Å². The maximum atomic E-state index is 13.1. The van der Waals surface area contributed by atoms with Crippen LogP contribution in [0.5, 0.6) is 0 Å². The highest BCUT2D eigenvalue weighted by atomic mass is 35.5. The van der Waals surface area contributed by atoms with Gasteiger partial charge in [0, 0.05) is 41.4 Å². The normalized spacial score (nSPS) is 10.9. The van der Waals surface area contributed by atoms with Gasteiger partial charge in [-0.2, -0.15) is 0 Å². The Labute approximate surface area is 207 Å². The molecular formula is C27H20Cl2N4O. The number of hydrogen-bond acceptors (Lipinski definition) is 2. The minimum absolute atomic E-state index is 0.278. The number of amides is 1. The van der Waals surface area contributed by atoms with E-state index in [1.54, 1.807) is 24.4 Å². The molecule has 1 N–H and O–H groups in total. The molecule has 2 heterocycles. The molecule has 0 spiro atoms. The van der Waals surface area contributed by atoms with Gasteiger partial charge in [0.2, 0.25) is 0 Å². The highest BCUT2D eigenvalue weighted by Gasteiger charge is 2.19.